The summed E-state index contributed by atoms with van der Waals surface area (Å²) in [5, 5.41) is 4.85. The Morgan fingerprint density at radius 2 is 1.73 bits per heavy atom. The van der Waals surface area contributed by atoms with E-state index >= 15 is 0 Å². The molecule has 0 bridgehead atoms. The van der Waals surface area contributed by atoms with Gasteiger partial charge in [0.15, 0.2) is 0 Å². The summed E-state index contributed by atoms with van der Waals surface area (Å²) in [7, 11) is -3.73. The molecule has 7 heteroatoms. The minimum atomic E-state index is -3.73. The van der Waals surface area contributed by atoms with Gasteiger partial charge < -0.3 is 5.32 Å². The van der Waals surface area contributed by atoms with Crippen LogP contribution in [0.4, 0.5) is 11.4 Å². The highest BCUT2D eigenvalue weighted by atomic mass is 35.5. The van der Waals surface area contributed by atoms with E-state index in [-0.39, 0.29) is 22.8 Å². The van der Waals surface area contributed by atoms with E-state index in [1.165, 1.54) is 0 Å². The lowest BCUT2D eigenvalue weighted by molar-refractivity contribution is 0.425. The molecule has 5 rings (SSSR count). The molecule has 170 valence electrons. The third-order valence-electron chi connectivity index (χ3n) is 6.71. The van der Waals surface area contributed by atoms with E-state index in [0.29, 0.717) is 15.7 Å². The number of hydrogen-bond donors (Lipinski definition) is 2. The molecule has 1 aliphatic heterocycles. The molecule has 0 radical (unpaired) electrons. The topological polar surface area (TPSA) is 58.2 Å². The third-order valence-corrected chi connectivity index (χ3v) is 8.75. The van der Waals surface area contributed by atoms with Crippen molar-refractivity contribution in [1.29, 1.82) is 0 Å². The standard InChI is InChI=1S/C26H24Cl2N2O2S/c1-15-9-10-17(13-16(15)2)30-33(31,32)18-11-12-24-21(14-18)19-5-3-6-20(19)26(29-24)25-22(27)7-4-8-23(25)28/h3-5,7-14,19-20,26,29-30H,6H2,1-2H3/t19-,20+,26-/m0/s1. The van der Waals surface area contributed by atoms with Crippen LogP contribution in [0.1, 0.15) is 40.6 Å². The van der Waals surface area contributed by atoms with E-state index in [4.69, 9.17) is 23.2 Å². The normalized spacial score (nSPS) is 21.3. The Hall–Kier alpha value is -2.47. The smallest absolute Gasteiger partial charge is 0.261 e. The summed E-state index contributed by atoms with van der Waals surface area (Å²) < 4.78 is 29.1. The first kappa shape index (κ1) is 22.3. The van der Waals surface area contributed by atoms with E-state index in [2.05, 4.69) is 22.2 Å². The van der Waals surface area contributed by atoms with Gasteiger partial charge in [-0.1, -0.05) is 47.5 Å². The van der Waals surface area contributed by atoms with Gasteiger partial charge in [-0.3, -0.25) is 4.72 Å². The van der Waals surface area contributed by atoms with Gasteiger partial charge in [0.25, 0.3) is 10.0 Å². The Morgan fingerprint density at radius 1 is 0.970 bits per heavy atom. The molecule has 33 heavy (non-hydrogen) atoms. The van der Waals surface area contributed by atoms with Crippen molar-refractivity contribution in [3.8, 4) is 0 Å². The van der Waals surface area contributed by atoms with Gasteiger partial charge in [-0.2, -0.15) is 0 Å². The Kier molecular flexibility index (Phi) is 5.68. The second-order valence-corrected chi connectivity index (χ2v) is 11.3. The van der Waals surface area contributed by atoms with Gasteiger partial charge in [-0.05, 0) is 85.3 Å². The minimum absolute atomic E-state index is 0.0604. The SMILES string of the molecule is Cc1ccc(NS(=O)(=O)c2ccc3c(c2)[C@H]2C=CC[C@H]2[C@@H](c2c(Cl)cccc2Cl)N3)cc1C. The summed E-state index contributed by atoms with van der Waals surface area (Å²) in [5.41, 5.74) is 5.46. The predicted octanol–water partition coefficient (Wildman–Crippen LogP) is 7.24. The van der Waals surface area contributed by atoms with Gasteiger partial charge in [0.1, 0.15) is 0 Å². The zero-order valence-corrected chi connectivity index (χ0v) is 20.6. The fraction of sp³-hybridized carbons (Fsp3) is 0.231. The van der Waals surface area contributed by atoms with Crippen LogP contribution in [0.25, 0.3) is 0 Å². The quantitative estimate of drug-likeness (QED) is 0.372. The molecular formula is C26H24Cl2N2O2S. The van der Waals surface area contributed by atoms with Crippen molar-refractivity contribution in [2.75, 3.05) is 10.0 Å². The van der Waals surface area contributed by atoms with Crippen molar-refractivity contribution in [2.24, 2.45) is 5.92 Å². The Morgan fingerprint density at radius 3 is 2.45 bits per heavy atom. The van der Waals surface area contributed by atoms with Crippen molar-refractivity contribution in [3.63, 3.8) is 0 Å². The molecule has 4 nitrogen and oxygen atoms in total. The number of nitrogens with one attached hydrogen (secondary N) is 2. The summed E-state index contributed by atoms with van der Waals surface area (Å²) in [5.74, 6) is 0.274. The second-order valence-electron chi connectivity index (χ2n) is 8.76. The number of fused-ring (bicyclic) bond motifs is 3. The maximum Gasteiger partial charge on any atom is 0.261 e. The zero-order chi connectivity index (χ0) is 23.3. The number of anilines is 2. The van der Waals surface area contributed by atoms with Crippen LogP contribution in [0.2, 0.25) is 10.0 Å². The molecule has 0 unspecified atom stereocenters. The summed E-state index contributed by atoms with van der Waals surface area (Å²) in [6.07, 6.45) is 5.18. The first-order chi connectivity index (χ1) is 15.7. The number of rotatable bonds is 4. The number of halogens is 2. The Balaban J connectivity index is 1.51. The number of allylic oxidation sites excluding steroid dienone is 2. The molecule has 1 aliphatic carbocycles. The summed E-state index contributed by atoms with van der Waals surface area (Å²) in [6, 6.07) is 16.3. The molecule has 0 aromatic heterocycles. The van der Waals surface area contributed by atoms with Gasteiger partial charge in [0.2, 0.25) is 0 Å². The van der Waals surface area contributed by atoms with Crippen molar-refractivity contribution in [3.05, 3.63) is 99.0 Å². The third kappa shape index (κ3) is 4.03. The van der Waals surface area contributed by atoms with Crippen molar-refractivity contribution < 1.29 is 8.42 Å². The van der Waals surface area contributed by atoms with E-state index in [9.17, 15) is 8.42 Å². The molecule has 3 atom stereocenters. The van der Waals surface area contributed by atoms with E-state index in [1.54, 1.807) is 18.2 Å². The van der Waals surface area contributed by atoms with Gasteiger partial charge in [0, 0.05) is 32.9 Å². The van der Waals surface area contributed by atoms with Gasteiger partial charge in [-0.15, -0.1) is 0 Å². The lowest BCUT2D eigenvalue weighted by atomic mass is 9.77. The zero-order valence-electron chi connectivity index (χ0n) is 18.3. The Bertz CT molecular complexity index is 1360. The Labute approximate surface area is 204 Å². The average molecular weight is 499 g/mol. The predicted molar refractivity (Wildman–Crippen MR) is 136 cm³/mol. The maximum atomic E-state index is 13.2. The molecule has 2 aliphatic rings. The lowest BCUT2D eigenvalue weighted by Gasteiger charge is -2.38. The van der Waals surface area contributed by atoms with Crippen LogP contribution in [-0.4, -0.2) is 8.42 Å². The number of benzene rings is 3. The van der Waals surface area contributed by atoms with Crippen LogP contribution in [0, 0.1) is 19.8 Å². The molecule has 0 amide bonds. The largest absolute Gasteiger partial charge is 0.378 e. The van der Waals surface area contributed by atoms with Crippen LogP contribution in [0.3, 0.4) is 0 Å². The van der Waals surface area contributed by atoms with Crippen LogP contribution in [0.15, 0.2) is 71.6 Å². The van der Waals surface area contributed by atoms with Crippen LogP contribution < -0.4 is 10.0 Å². The molecule has 0 spiro atoms. The first-order valence-electron chi connectivity index (χ1n) is 10.9. The molecule has 3 aromatic rings. The van der Waals surface area contributed by atoms with Crippen molar-refractivity contribution in [1.82, 2.24) is 0 Å². The first-order valence-corrected chi connectivity index (χ1v) is 13.1. The molecular weight excluding hydrogens is 475 g/mol. The highest BCUT2D eigenvalue weighted by Gasteiger charge is 2.40. The monoisotopic (exact) mass is 498 g/mol. The fourth-order valence-corrected chi connectivity index (χ4v) is 6.57. The van der Waals surface area contributed by atoms with Crippen LogP contribution in [-0.2, 0) is 10.0 Å². The number of sulfonamides is 1. The fourth-order valence-electron chi connectivity index (χ4n) is 4.85. The van der Waals surface area contributed by atoms with Crippen molar-refractivity contribution in [2.45, 2.75) is 37.1 Å². The molecule has 0 fully saturated rings. The summed E-state index contributed by atoms with van der Waals surface area (Å²) in [4.78, 5) is 0.245. The van der Waals surface area contributed by atoms with E-state index < -0.39 is 10.0 Å². The maximum absolute atomic E-state index is 13.2. The molecule has 1 heterocycles. The highest BCUT2D eigenvalue weighted by molar-refractivity contribution is 7.92. The van der Waals surface area contributed by atoms with E-state index in [0.717, 1.165) is 34.4 Å². The summed E-state index contributed by atoms with van der Waals surface area (Å²) in [6.45, 7) is 3.96. The van der Waals surface area contributed by atoms with Gasteiger partial charge >= 0.3 is 0 Å². The molecule has 2 N–H and O–H groups in total. The molecule has 3 aromatic carbocycles. The molecule has 0 saturated carbocycles. The van der Waals surface area contributed by atoms with Crippen LogP contribution in [0.5, 0.6) is 0 Å². The van der Waals surface area contributed by atoms with Gasteiger partial charge in [0.05, 0.1) is 10.9 Å². The minimum Gasteiger partial charge on any atom is -0.378 e. The second kappa shape index (κ2) is 8.39. The van der Waals surface area contributed by atoms with Gasteiger partial charge in [-0.25, -0.2) is 8.42 Å². The summed E-state index contributed by atoms with van der Waals surface area (Å²) >= 11 is 13.1. The van der Waals surface area contributed by atoms with Crippen molar-refractivity contribution >= 4 is 44.6 Å². The average Bonchev–Trinajstić information content (AvgIpc) is 3.26. The number of hydrogen-bond acceptors (Lipinski definition) is 3. The van der Waals surface area contributed by atoms with Crippen LogP contribution >= 0.6 is 23.2 Å². The molecule has 0 saturated heterocycles. The number of aryl methyl sites for hydroxylation is 2. The van der Waals surface area contributed by atoms with E-state index in [1.807, 2.05) is 50.2 Å². The highest BCUT2D eigenvalue weighted by Crippen LogP contribution is 2.52. The lowest BCUT2D eigenvalue weighted by Crippen LogP contribution is -2.29.